The van der Waals surface area contributed by atoms with E-state index in [9.17, 15) is 4.79 Å². The average molecular weight is 406 g/mol. The minimum atomic E-state index is -0.205. The van der Waals surface area contributed by atoms with Gasteiger partial charge in [0.15, 0.2) is 17.3 Å². The van der Waals surface area contributed by atoms with Crippen LogP contribution in [0, 0.1) is 13.8 Å². The Hall–Kier alpha value is -3.61. The first-order valence-electron chi connectivity index (χ1n) is 9.59. The van der Waals surface area contributed by atoms with Gasteiger partial charge in [-0.3, -0.25) is 4.79 Å². The van der Waals surface area contributed by atoms with E-state index in [0.29, 0.717) is 30.0 Å². The molecule has 2 aromatic heterocycles. The molecule has 2 heterocycles. The molecule has 0 saturated heterocycles. The van der Waals surface area contributed by atoms with E-state index in [2.05, 4.69) is 22.0 Å². The number of pyridine rings is 1. The van der Waals surface area contributed by atoms with E-state index in [1.54, 1.807) is 43.3 Å². The summed E-state index contributed by atoms with van der Waals surface area (Å²) in [7, 11) is 3.13. The number of carbonyl (C=O) groups excluding carboxylic acids is 1. The summed E-state index contributed by atoms with van der Waals surface area (Å²) in [6.45, 7) is 8.05. The third-order valence-corrected chi connectivity index (χ3v) is 4.67. The zero-order chi connectivity index (χ0) is 21.7. The predicted octanol–water partition coefficient (Wildman–Crippen LogP) is 3.56. The SMILES string of the molecule is C=CCc1cc(C(=O)NCc2ccc(-n3nc(C)cc3C)nc2)cc(OC)c1OC. The minimum absolute atomic E-state index is 0.205. The van der Waals surface area contributed by atoms with Gasteiger partial charge in [0.2, 0.25) is 0 Å². The smallest absolute Gasteiger partial charge is 0.251 e. The van der Waals surface area contributed by atoms with E-state index in [0.717, 1.165) is 28.3 Å². The lowest BCUT2D eigenvalue weighted by molar-refractivity contribution is 0.0950. The number of nitrogens with zero attached hydrogens (tertiary/aromatic N) is 3. The molecule has 0 unspecified atom stereocenters. The topological polar surface area (TPSA) is 78.3 Å². The molecule has 0 radical (unpaired) electrons. The van der Waals surface area contributed by atoms with Gasteiger partial charge in [0.1, 0.15) is 0 Å². The summed E-state index contributed by atoms with van der Waals surface area (Å²) in [6, 6.07) is 9.28. The van der Waals surface area contributed by atoms with Crippen LogP contribution in [-0.4, -0.2) is 34.9 Å². The molecule has 1 N–H and O–H groups in total. The number of methoxy groups -OCH3 is 2. The van der Waals surface area contributed by atoms with Gasteiger partial charge in [-0.05, 0) is 50.1 Å². The molecular formula is C23H26N4O3. The van der Waals surface area contributed by atoms with Crippen molar-refractivity contribution >= 4 is 5.91 Å². The summed E-state index contributed by atoms with van der Waals surface area (Å²) in [4.78, 5) is 17.2. The largest absolute Gasteiger partial charge is 0.493 e. The normalized spacial score (nSPS) is 10.5. The maximum atomic E-state index is 12.7. The Kier molecular flexibility index (Phi) is 6.51. The number of amides is 1. The number of aryl methyl sites for hydroxylation is 2. The molecule has 7 nitrogen and oxygen atoms in total. The molecule has 0 fully saturated rings. The first kappa shape index (κ1) is 21.1. The number of carbonyl (C=O) groups is 1. The van der Waals surface area contributed by atoms with Crippen LogP contribution in [0.15, 0.2) is 49.2 Å². The second-order valence-electron chi connectivity index (χ2n) is 6.91. The number of ether oxygens (including phenoxy) is 2. The summed E-state index contributed by atoms with van der Waals surface area (Å²) in [6.07, 6.45) is 4.07. The van der Waals surface area contributed by atoms with Gasteiger partial charge < -0.3 is 14.8 Å². The molecule has 0 aliphatic carbocycles. The molecule has 30 heavy (non-hydrogen) atoms. The second kappa shape index (κ2) is 9.26. The van der Waals surface area contributed by atoms with E-state index in [-0.39, 0.29) is 5.91 Å². The zero-order valence-corrected chi connectivity index (χ0v) is 17.7. The van der Waals surface area contributed by atoms with Gasteiger partial charge in [0.25, 0.3) is 5.91 Å². The highest BCUT2D eigenvalue weighted by molar-refractivity contribution is 5.95. The summed E-state index contributed by atoms with van der Waals surface area (Å²) in [5.74, 6) is 1.66. The second-order valence-corrected chi connectivity index (χ2v) is 6.91. The quantitative estimate of drug-likeness (QED) is 0.579. The number of allylic oxidation sites excluding steroid dienone is 1. The molecule has 1 amide bonds. The molecule has 0 aliphatic heterocycles. The van der Waals surface area contributed by atoms with Crippen molar-refractivity contribution in [2.45, 2.75) is 26.8 Å². The maximum Gasteiger partial charge on any atom is 0.251 e. The van der Waals surface area contributed by atoms with Crippen LogP contribution >= 0.6 is 0 Å². The van der Waals surface area contributed by atoms with Crippen molar-refractivity contribution in [1.82, 2.24) is 20.1 Å². The molecule has 0 atom stereocenters. The first-order chi connectivity index (χ1) is 14.5. The predicted molar refractivity (Wildman–Crippen MR) is 115 cm³/mol. The van der Waals surface area contributed by atoms with Crippen molar-refractivity contribution in [2.24, 2.45) is 0 Å². The van der Waals surface area contributed by atoms with Crippen LogP contribution in [0.5, 0.6) is 11.5 Å². The third kappa shape index (κ3) is 4.51. The molecule has 156 valence electrons. The van der Waals surface area contributed by atoms with Crippen LogP contribution in [0.1, 0.15) is 32.9 Å². The summed E-state index contributed by atoms with van der Waals surface area (Å²) >= 11 is 0. The van der Waals surface area contributed by atoms with Crippen molar-refractivity contribution in [3.05, 3.63) is 77.3 Å². The van der Waals surface area contributed by atoms with Gasteiger partial charge >= 0.3 is 0 Å². The third-order valence-electron chi connectivity index (χ3n) is 4.67. The van der Waals surface area contributed by atoms with Crippen LogP contribution < -0.4 is 14.8 Å². The minimum Gasteiger partial charge on any atom is -0.493 e. The van der Waals surface area contributed by atoms with Gasteiger partial charge in [0.05, 0.1) is 19.9 Å². The van der Waals surface area contributed by atoms with Crippen molar-refractivity contribution in [3.8, 4) is 17.3 Å². The number of rotatable bonds is 8. The van der Waals surface area contributed by atoms with Crippen LogP contribution in [-0.2, 0) is 13.0 Å². The Bertz CT molecular complexity index is 1060. The Morgan fingerprint density at radius 3 is 2.57 bits per heavy atom. The fraction of sp³-hybridized carbons (Fsp3) is 0.261. The van der Waals surface area contributed by atoms with E-state index >= 15 is 0 Å². The summed E-state index contributed by atoms with van der Waals surface area (Å²) in [5.41, 5.74) is 4.19. The monoisotopic (exact) mass is 406 g/mol. The van der Waals surface area contributed by atoms with Gasteiger partial charge in [0, 0.05) is 29.6 Å². The highest BCUT2D eigenvalue weighted by Gasteiger charge is 2.15. The molecule has 7 heteroatoms. The van der Waals surface area contributed by atoms with Crippen molar-refractivity contribution < 1.29 is 14.3 Å². The Labute approximate surface area is 176 Å². The van der Waals surface area contributed by atoms with Crippen molar-refractivity contribution in [2.75, 3.05) is 14.2 Å². The standard InChI is InChI=1S/C23H26N4O3/c1-6-7-18-11-19(12-20(29-4)22(18)30-5)23(28)25-14-17-8-9-21(24-13-17)27-16(3)10-15(2)26-27/h6,8-13H,1,7,14H2,2-5H3,(H,25,28). The molecule has 1 aromatic carbocycles. The fourth-order valence-corrected chi connectivity index (χ4v) is 3.27. The van der Waals surface area contributed by atoms with Crippen molar-refractivity contribution in [3.63, 3.8) is 0 Å². The zero-order valence-electron chi connectivity index (χ0n) is 17.7. The van der Waals surface area contributed by atoms with Gasteiger partial charge in [-0.2, -0.15) is 5.10 Å². The summed E-state index contributed by atoms with van der Waals surface area (Å²) in [5, 5.41) is 7.36. The molecule has 0 spiro atoms. The molecule has 0 aliphatic rings. The van der Waals surface area contributed by atoms with Crippen LogP contribution in [0.4, 0.5) is 0 Å². The molecule has 0 bridgehead atoms. The highest BCUT2D eigenvalue weighted by atomic mass is 16.5. The van der Waals surface area contributed by atoms with E-state index in [1.165, 1.54) is 0 Å². The van der Waals surface area contributed by atoms with Crippen molar-refractivity contribution in [1.29, 1.82) is 0 Å². The van der Waals surface area contributed by atoms with E-state index < -0.39 is 0 Å². The first-order valence-corrected chi connectivity index (χ1v) is 9.59. The Morgan fingerprint density at radius 2 is 2.00 bits per heavy atom. The fourth-order valence-electron chi connectivity index (χ4n) is 3.27. The molecule has 3 aromatic rings. The number of aromatic nitrogens is 3. The average Bonchev–Trinajstić information content (AvgIpc) is 3.09. The number of hydrogen-bond acceptors (Lipinski definition) is 5. The lowest BCUT2D eigenvalue weighted by atomic mass is 10.0. The number of hydrogen-bond donors (Lipinski definition) is 1. The maximum absolute atomic E-state index is 12.7. The highest BCUT2D eigenvalue weighted by Crippen LogP contribution is 2.33. The number of nitrogens with one attached hydrogen (secondary N) is 1. The summed E-state index contributed by atoms with van der Waals surface area (Å²) < 4.78 is 12.6. The molecular weight excluding hydrogens is 380 g/mol. The van der Waals surface area contributed by atoms with Crippen LogP contribution in [0.3, 0.4) is 0 Å². The van der Waals surface area contributed by atoms with E-state index in [4.69, 9.17) is 9.47 Å². The van der Waals surface area contributed by atoms with E-state index in [1.807, 2.05) is 32.0 Å². The molecule has 0 saturated carbocycles. The van der Waals surface area contributed by atoms with Gasteiger partial charge in [-0.25, -0.2) is 9.67 Å². The Balaban J connectivity index is 1.73. The Morgan fingerprint density at radius 1 is 1.20 bits per heavy atom. The van der Waals surface area contributed by atoms with Crippen LogP contribution in [0.2, 0.25) is 0 Å². The van der Waals surface area contributed by atoms with Gasteiger partial charge in [-0.15, -0.1) is 6.58 Å². The molecule has 3 rings (SSSR count). The lowest BCUT2D eigenvalue weighted by Gasteiger charge is -2.14. The lowest BCUT2D eigenvalue weighted by Crippen LogP contribution is -2.23. The number of benzene rings is 1. The van der Waals surface area contributed by atoms with Gasteiger partial charge in [-0.1, -0.05) is 12.1 Å². The van der Waals surface area contributed by atoms with Crippen LogP contribution in [0.25, 0.3) is 5.82 Å².